The van der Waals surface area contributed by atoms with Crippen molar-refractivity contribution < 1.29 is 33.8 Å². The van der Waals surface area contributed by atoms with E-state index in [1.165, 1.54) is 6.92 Å². The standard InChI is InChI=1S/C16H25NO7/c1-9(11(15(21)23-2)16(22)24-3)12(14(19)20)17-13(18)10-7-5-4-6-8-10/h9-12H,4-8H2,1-3H3,(H,17,18)(H,19,20)/t9-,12+/m1/s1. The van der Waals surface area contributed by atoms with Gasteiger partial charge in [-0.3, -0.25) is 14.4 Å². The summed E-state index contributed by atoms with van der Waals surface area (Å²) in [6.07, 6.45) is 4.35. The van der Waals surface area contributed by atoms with E-state index in [0.717, 1.165) is 33.5 Å². The third kappa shape index (κ3) is 4.94. The molecule has 1 saturated carbocycles. The highest BCUT2D eigenvalue weighted by atomic mass is 16.5. The first kappa shape index (κ1) is 19.9. The number of carbonyl (C=O) groups excluding carboxylic acids is 3. The number of rotatable bonds is 7. The van der Waals surface area contributed by atoms with Crippen LogP contribution in [0.3, 0.4) is 0 Å². The van der Waals surface area contributed by atoms with Gasteiger partial charge in [0.15, 0.2) is 5.92 Å². The summed E-state index contributed by atoms with van der Waals surface area (Å²) in [5.74, 6) is -6.14. The number of nitrogens with one attached hydrogen (secondary N) is 1. The Morgan fingerprint density at radius 3 is 1.92 bits per heavy atom. The van der Waals surface area contributed by atoms with E-state index in [4.69, 9.17) is 0 Å². The van der Waals surface area contributed by atoms with Crippen molar-refractivity contribution in [2.45, 2.75) is 45.1 Å². The van der Waals surface area contributed by atoms with E-state index in [0.29, 0.717) is 12.8 Å². The molecule has 0 aliphatic heterocycles. The molecule has 8 nitrogen and oxygen atoms in total. The van der Waals surface area contributed by atoms with Gasteiger partial charge in [0.25, 0.3) is 0 Å². The third-order valence-electron chi connectivity index (χ3n) is 4.50. The van der Waals surface area contributed by atoms with Crippen LogP contribution in [0, 0.1) is 17.8 Å². The summed E-state index contributed by atoms with van der Waals surface area (Å²) in [5.41, 5.74) is 0. The highest BCUT2D eigenvalue weighted by Crippen LogP contribution is 2.25. The molecule has 0 bridgehead atoms. The van der Waals surface area contributed by atoms with Gasteiger partial charge in [0.2, 0.25) is 5.91 Å². The Morgan fingerprint density at radius 2 is 1.50 bits per heavy atom. The van der Waals surface area contributed by atoms with Crippen LogP contribution in [0.2, 0.25) is 0 Å². The van der Waals surface area contributed by atoms with Gasteiger partial charge in [-0.15, -0.1) is 0 Å². The molecule has 1 amide bonds. The molecule has 0 aromatic rings. The fourth-order valence-corrected chi connectivity index (χ4v) is 3.03. The van der Waals surface area contributed by atoms with Gasteiger partial charge in [-0.1, -0.05) is 26.2 Å². The number of hydrogen-bond acceptors (Lipinski definition) is 6. The Balaban J connectivity index is 2.91. The largest absolute Gasteiger partial charge is 0.480 e. The fourth-order valence-electron chi connectivity index (χ4n) is 3.03. The monoisotopic (exact) mass is 343 g/mol. The van der Waals surface area contributed by atoms with Gasteiger partial charge >= 0.3 is 17.9 Å². The highest BCUT2D eigenvalue weighted by Gasteiger charge is 2.42. The number of hydrogen-bond donors (Lipinski definition) is 2. The lowest BCUT2D eigenvalue weighted by atomic mass is 9.85. The van der Waals surface area contributed by atoms with Gasteiger partial charge in [0.05, 0.1) is 14.2 Å². The van der Waals surface area contributed by atoms with Crippen LogP contribution in [0.4, 0.5) is 0 Å². The van der Waals surface area contributed by atoms with Crippen molar-refractivity contribution in [3.05, 3.63) is 0 Å². The maximum absolute atomic E-state index is 12.3. The predicted octanol–water partition coefficient (Wildman–Crippen LogP) is 0.734. The molecular weight excluding hydrogens is 318 g/mol. The quantitative estimate of drug-likeness (QED) is 0.517. The molecule has 0 saturated heterocycles. The molecule has 0 heterocycles. The van der Waals surface area contributed by atoms with Crippen LogP contribution in [-0.4, -0.2) is 49.2 Å². The number of amides is 1. The zero-order valence-corrected chi connectivity index (χ0v) is 14.2. The maximum atomic E-state index is 12.3. The highest BCUT2D eigenvalue weighted by molar-refractivity contribution is 5.96. The Hall–Kier alpha value is -2.12. The van der Waals surface area contributed by atoms with E-state index >= 15 is 0 Å². The van der Waals surface area contributed by atoms with Gasteiger partial charge in [0.1, 0.15) is 6.04 Å². The van der Waals surface area contributed by atoms with Crippen molar-refractivity contribution in [3.63, 3.8) is 0 Å². The minimum absolute atomic E-state index is 0.234. The molecule has 136 valence electrons. The van der Waals surface area contributed by atoms with Crippen molar-refractivity contribution >= 4 is 23.8 Å². The molecule has 0 radical (unpaired) electrons. The molecule has 2 N–H and O–H groups in total. The Morgan fingerprint density at radius 1 is 1.00 bits per heavy atom. The van der Waals surface area contributed by atoms with Crippen molar-refractivity contribution in [3.8, 4) is 0 Å². The molecule has 1 rings (SSSR count). The summed E-state index contributed by atoms with van der Waals surface area (Å²) >= 11 is 0. The van der Waals surface area contributed by atoms with E-state index in [9.17, 15) is 24.3 Å². The number of carbonyl (C=O) groups is 4. The molecule has 24 heavy (non-hydrogen) atoms. The van der Waals surface area contributed by atoms with Gasteiger partial charge in [-0.2, -0.15) is 0 Å². The molecule has 1 fully saturated rings. The number of carboxylic acids is 1. The molecular formula is C16H25NO7. The first-order valence-electron chi connectivity index (χ1n) is 8.02. The third-order valence-corrected chi connectivity index (χ3v) is 4.50. The van der Waals surface area contributed by atoms with Crippen LogP contribution in [0.15, 0.2) is 0 Å². The maximum Gasteiger partial charge on any atom is 0.326 e. The number of ether oxygens (including phenoxy) is 2. The van der Waals surface area contributed by atoms with Gasteiger partial charge < -0.3 is 19.9 Å². The van der Waals surface area contributed by atoms with Crippen LogP contribution < -0.4 is 5.32 Å². The lowest BCUT2D eigenvalue weighted by Crippen LogP contribution is -2.52. The van der Waals surface area contributed by atoms with E-state index < -0.39 is 35.8 Å². The summed E-state index contributed by atoms with van der Waals surface area (Å²) < 4.78 is 9.12. The van der Waals surface area contributed by atoms with E-state index in [1.54, 1.807) is 0 Å². The van der Waals surface area contributed by atoms with Crippen LogP contribution in [0.1, 0.15) is 39.0 Å². The smallest absolute Gasteiger partial charge is 0.326 e. The van der Waals surface area contributed by atoms with E-state index in [1.807, 2.05) is 0 Å². The van der Waals surface area contributed by atoms with Crippen molar-refractivity contribution in [1.82, 2.24) is 5.32 Å². The zero-order chi connectivity index (χ0) is 18.3. The lowest BCUT2D eigenvalue weighted by Gasteiger charge is -2.28. The summed E-state index contributed by atoms with van der Waals surface area (Å²) in [6.45, 7) is 1.40. The number of esters is 2. The summed E-state index contributed by atoms with van der Waals surface area (Å²) in [6, 6.07) is -1.39. The topological polar surface area (TPSA) is 119 Å². The van der Waals surface area contributed by atoms with Gasteiger partial charge in [-0.05, 0) is 12.8 Å². The number of methoxy groups -OCH3 is 2. The van der Waals surface area contributed by atoms with Gasteiger partial charge in [0, 0.05) is 11.8 Å². The van der Waals surface area contributed by atoms with E-state index in [-0.39, 0.29) is 11.8 Å². The Labute approximate surface area is 140 Å². The molecule has 2 atom stereocenters. The zero-order valence-electron chi connectivity index (χ0n) is 14.2. The number of carboxylic acid groups (broad SMARTS) is 1. The van der Waals surface area contributed by atoms with Crippen LogP contribution in [0.5, 0.6) is 0 Å². The Bertz CT molecular complexity index is 469. The first-order valence-corrected chi connectivity index (χ1v) is 8.02. The second-order valence-corrected chi connectivity index (χ2v) is 6.04. The predicted molar refractivity (Wildman–Crippen MR) is 82.8 cm³/mol. The van der Waals surface area contributed by atoms with Crippen molar-refractivity contribution in [1.29, 1.82) is 0 Å². The average Bonchev–Trinajstić information content (AvgIpc) is 2.59. The normalized spacial score (nSPS) is 17.7. The molecule has 0 unspecified atom stereocenters. The molecule has 0 aromatic heterocycles. The van der Waals surface area contributed by atoms with Gasteiger partial charge in [-0.25, -0.2) is 4.79 Å². The lowest BCUT2D eigenvalue weighted by molar-refractivity contribution is -0.163. The summed E-state index contributed by atoms with van der Waals surface area (Å²) in [7, 11) is 2.20. The van der Waals surface area contributed by atoms with Crippen LogP contribution >= 0.6 is 0 Å². The van der Waals surface area contributed by atoms with Crippen molar-refractivity contribution in [2.75, 3.05) is 14.2 Å². The fraction of sp³-hybridized carbons (Fsp3) is 0.750. The first-order chi connectivity index (χ1) is 11.3. The summed E-state index contributed by atoms with van der Waals surface area (Å²) in [5, 5.41) is 11.9. The second-order valence-electron chi connectivity index (χ2n) is 6.04. The number of aliphatic carboxylic acids is 1. The molecule has 1 aliphatic rings. The minimum Gasteiger partial charge on any atom is -0.480 e. The second kappa shape index (κ2) is 9.24. The average molecular weight is 343 g/mol. The summed E-state index contributed by atoms with van der Waals surface area (Å²) in [4.78, 5) is 47.6. The Kier molecular flexibility index (Phi) is 7.67. The van der Waals surface area contributed by atoms with E-state index in [2.05, 4.69) is 14.8 Å². The SMILES string of the molecule is COC(=O)C(C(=O)OC)[C@@H](C)[C@H](NC(=O)C1CCCCC1)C(=O)O. The van der Waals surface area contributed by atoms with Crippen molar-refractivity contribution in [2.24, 2.45) is 17.8 Å². The molecule has 0 aromatic carbocycles. The van der Waals surface area contributed by atoms with Crippen LogP contribution in [-0.2, 0) is 28.7 Å². The minimum atomic E-state index is -1.42. The molecule has 0 spiro atoms. The van der Waals surface area contributed by atoms with Crippen LogP contribution in [0.25, 0.3) is 0 Å². The molecule has 8 heteroatoms. The molecule has 1 aliphatic carbocycles.